The molecule has 2 rings (SSSR count). The minimum atomic E-state index is -0.180. The summed E-state index contributed by atoms with van der Waals surface area (Å²) < 4.78 is 15.8. The maximum Gasteiger partial charge on any atom is 0.234 e. The minimum Gasteiger partial charge on any atom is -0.382 e. The van der Waals surface area contributed by atoms with Crippen LogP contribution >= 0.6 is 0 Å². The lowest BCUT2D eigenvalue weighted by molar-refractivity contribution is 0.0714. The molecule has 0 aliphatic heterocycles. The molecule has 114 valence electrons. The van der Waals surface area contributed by atoms with Crippen molar-refractivity contribution in [3.8, 4) is 0 Å². The molecular weight excluding hydrogens is 258 g/mol. The first-order chi connectivity index (χ1) is 9.66. The van der Waals surface area contributed by atoms with E-state index in [4.69, 9.17) is 19.7 Å². The van der Waals surface area contributed by atoms with Gasteiger partial charge in [0.05, 0.1) is 25.2 Å². The standard InChI is InChI=1S/C14H25N3O3/c1-14(7-4-3-5-11(14)15)13-16-12(17-20-13)6-8-19-10-9-18-2/h11H,3-10,15H2,1-2H3. The number of nitrogens with two attached hydrogens (primary N) is 1. The molecule has 0 amide bonds. The van der Waals surface area contributed by atoms with Gasteiger partial charge >= 0.3 is 0 Å². The highest BCUT2D eigenvalue weighted by molar-refractivity contribution is 5.10. The zero-order chi connectivity index (χ0) is 14.4. The van der Waals surface area contributed by atoms with Gasteiger partial charge in [0.25, 0.3) is 0 Å². The summed E-state index contributed by atoms with van der Waals surface area (Å²) in [4.78, 5) is 4.50. The Bertz CT molecular complexity index is 410. The number of nitrogens with zero attached hydrogens (tertiary/aromatic N) is 2. The molecule has 2 N–H and O–H groups in total. The van der Waals surface area contributed by atoms with E-state index >= 15 is 0 Å². The Kier molecular flexibility index (Phi) is 5.51. The maximum absolute atomic E-state index is 6.24. The second-order valence-corrected chi connectivity index (χ2v) is 5.64. The van der Waals surface area contributed by atoms with Crippen molar-refractivity contribution >= 4 is 0 Å². The third-order valence-corrected chi connectivity index (χ3v) is 4.14. The minimum absolute atomic E-state index is 0.0995. The first-order valence-corrected chi connectivity index (χ1v) is 7.32. The van der Waals surface area contributed by atoms with E-state index in [-0.39, 0.29) is 11.5 Å². The fraction of sp³-hybridized carbons (Fsp3) is 0.857. The fourth-order valence-electron chi connectivity index (χ4n) is 2.62. The van der Waals surface area contributed by atoms with Gasteiger partial charge in [-0.05, 0) is 19.8 Å². The highest BCUT2D eigenvalue weighted by Crippen LogP contribution is 2.37. The summed E-state index contributed by atoms with van der Waals surface area (Å²) in [5, 5.41) is 4.04. The Balaban J connectivity index is 1.88. The number of hydrogen-bond donors (Lipinski definition) is 1. The lowest BCUT2D eigenvalue weighted by Gasteiger charge is -2.35. The summed E-state index contributed by atoms with van der Waals surface area (Å²) in [6, 6.07) is 0.0995. The molecule has 1 saturated carbocycles. The molecule has 2 atom stereocenters. The van der Waals surface area contributed by atoms with E-state index in [1.165, 1.54) is 12.8 Å². The first-order valence-electron chi connectivity index (χ1n) is 7.32. The number of methoxy groups -OCH3 is 1. The van der Waals surface area contributed by atoms with Crippen molar-refractivity contribution in [3.63, 3.8) is 0 Å². The van der Waals surface area contributed by atoms with E-state index < -0.39 is 0 Å². The van der Waals surface area contributed by atoms with E-state index in [1.54, 1.807) is 7.11 Å². The van der Waals surface area contributed by atoms with Gasteiger partial charge in [0.15, 0.2) is 5.82 Å². The molecule has 0 saturated heterocycles. The molecule has 0 aromatic carbocycles. The van der Waals surface area contributed by atoms with Crippen molar-refractivity contribution in [1.82, 2.24) is 10.1 Å². The van der Waals surface area contributed by atoms with Crippen LogP contribution in [0.3, 0.4) is 0 Å². The number of aromatic nitrogens is 2. The number of hydrogen-bond acceptors (Lipinski definition) is 6. The molecule has 6 heteroatoms. The Hall–Kier alpha value is -0.980. The summed E-state index contributed by atoms with van der Waals surface area (Å²) in [7, 11) is 1.66. The van der Waals surface area contributed by atoms with Gasteiger partial charge in [-0.3, -0.25) is 0 Å². The predicted molar refractivity (Wildman–Crippen MR) is 74.5 cm³/mol. The van der Waals surface area contributed by atoms with Crippen molar-refractivity contribution in [3.05, 3.63) is 11.7 Å². The monoisotopic (exact) mass is 283 g/mol. The smallest absolute Gasteiger partial charge is 0.234 e. The average Bonchev–Trinajstić information content (AvgIpc) is 2.91. The summed E-state index contributed by atoms with van der Waals surface area (Å²) >= 11 is 0. The van der Waals surface area contributed by atoms with E-state index in [2.05, 4.69) is 17.1 Å². The predicted octanol–water partition coefficient (Wildman–Crippen LogP) is 1.43. The van der Waals surface area contributed by atoms with Gasteiger partial charge < -0.3 is 19.7 Å². The SMILES string of the molecule is COCCOCCc1noc(C2(C)CCCCC2N)n1. The molecule has 1 heterocycles. The van der Waals surface area contributed by atoms with Crippen LogP contribution in [-0.2, 0) is 21.3 Å². The van der Waals surface area contributed by atoms with Crippen LogP contribution in [0.15, 0.2) is 4.52 Å². The Morgan fingerprint density at radius 1 is 1.35 bits per heavy atom. The van der Waals surface area contributed by atoms with Crippen LogP contribution in [0.5, 0.6) is 0 Å². The Morgan fingerprint density at radius 2 is 2.20 bits per heavy atom. The van der Waals surface area contributed by atoms with E-state index in [9.17, 15) is 0 Å². The molecule has 1 fully saturated rings. The summed E-state index contributed by atoms with van der Waals surface area (Å²) in [6.07, 6.45) is 5.04. The lowest BCUT2D eigenvalue weighted by atomic mass is 9.72. The van der Waals surface area contributed by atoms with Crippen LogP contribution in [0, 0.1) is 0 Å². The van der Waals surface area contributed by atoms with E-state index in [0.717, 1.165) is 12.8 Å². The molecule has 0 radical (unpaired) electrons. The van der Waals surface area contributed by atoms with Crippen LogP contribution in [0.2, 0.25) is 0 Å². The van der Waals surface area contributed by atoms with Crippen LogP contribution in [-0.4, -0.2) is 43.1 Å². The van der Waals surface area contributed by atoms with E-state index in [1.807, 2.05) is 0 Å². The van der Waals surface area contributed by atoms with Gasteiger partial charge in [0.2, 0.25) is 5.89 Å². The molecule has 2 unspecified atom stereocenters. The molecule has 0 spiro atoms. The normalized spacial score (nSPS) is 26.9. The Labute approximate surface area is 120 Å². The van der Waals surface area contributed by atoms with Crippen LogP contribution < -0.4 is 5.73 Å². The van der Waals surface area contributed by atoms with Gasteiger partial charge in [-0.2, -0.15) is 4.98 Å². The van der Waals surface area contributed by atoms with Gasteiger partial charge in [-0.25, -0.2) is 0 Å². The molecule has 1 aliphatic carbocycles. The van der Waals surface area contributed by atoms with E-state index in [0.29, 0.717) is 38.0 Å². The van der Waals surface area contributed by atoms with Gasteiger partial charge in [0, 0.05) is 19.6 Å². The molecule has 1 aliphatic rings. The third-order valence-electron chi connectivity index (χ3n) is 4.14. The lowest BCUT2D eigenvalue weighted by Crippen LogP contribution is -2.45. The van der Waals surface area contributed by atoms with Crippen molar-refractivity contribution in [2.24, 2.45) is 5.73 Å². The number of ether oxygens (including phenoxy) is 2. The molecule has 0 bridgehead atoms. The second-order valence-electron chi connectivity index (χ2n) is 5.64. The van der Waals surface area contributed by atoms with Gasteiger partial charge in [0.1, 0.15) is 0 Å². The second kappa shape index (κ2) is 7.15. The van der Waals surface area contributed by atoms with Crippen LogP contribution in [0.1, 0.15) is 44.3 Å². The zero-order valence-corrected chi connectivity index (χ0v) is 12.4. The van der Waals surface area contributed by atoms with Gasteiger partial charge in [-0.15, -0.1) is 0 Å². The third kappa shape index (κ3) is 3.56. The van der Waals surface area contributed by atoms with Crippen molar-refractivity contribution in [1.29, 1.82) is 0 Å². The Morgan fingerprint density at radius 3 is 2.95 bits per heavy atom. The molecule has 1 aromatic heterocycles. The molecule has 6 nitrogen and oxygen atoms in total. The molecule has 1 aromatic rings. The maximum atomic E-state index is 6.24. The molecule has 20 heavy (non-hydrogen) atoms. The van der Waals surface area contributed by atoms with Crippen molar-refractivity contribution < 1.29 is 14.0 Å². The van der Waals surface area contributed by atoms with Crippen molar-refractivity contribution in [2.75, 3.05) is 26.9 Å². The van der Waals surface area contributed by atoms with Crippen LogP contribution in [0.25, 0.3) is 0 Å². The number of rotatable bonds is 7. The summed E-state index contributed by atoms with van der Waals surface area (Å²) in [5.41, 5.74) is 6.06. The zero-order valence-electron chi connectivity index (χ0n) is 12.4. The average molecular weight is 283 g/mol. The van der Waals surface area contributed by atoms with Crippen molar-refractivity contribution in [2.45, 2.75) is 50.5 Å². The highest BCUT2D eigenvalue weighted by Gasteiger charge is 2.40. The van der Waals surface area contributed by atoms with Gasteiger partial charge in [-0.1, -0.05) is 18.0 Å². The highest BCUT2D eigenvalue weighted by atomic mass is 16.5. The fourth-order valence-corrected chi connectivity index (χ4v) is 2.62. The largest absolute Gasteiger partial charge is 0.382 e. The first kappa shape index (κ1) is 15.4. The topological polar surface area (TPSA) is 83.4 Å². The summed E-state index contributed by atoms with van der Waals surface area (Å²) in [6.45, 7) is 3.89. The summed E-state index contributed by atoms with van der Waals surface area (Å²) in [5.74, 6) is 1.37. The van der Waals surface area contributed by atoms with Crippen LogP contribution in [0.4, 0.5) is 0 Å². The molecular formula is C14H25N3O3. The quantitative estimate of drug-likeness (QED) is 0.762.